The largest absolute Gasteiger partial charge is 0.385 e. The van der Waals surface area contributed by atoms with Gasteiger partial charge in [0.05, 0.1) is 0 Å². The number of para-hydroxylation sites is 1. The molecule has 0 amide bonds. The number of hydrogen-bond acceptors (Lipinski definition) is 4. The zero-order valence-electron chi connectivity index (χ0n) is 17.5. The number of aromatic nitrogens is 1. The third-order valence-electron chi connectivity index (χ3n) is 6.75. The topological polar surface area (TPSA) is 62.4 Å². The number of hydrogen-bond donors (Lipinski definition) is 1. The van der Waals surface area contributed by atoms with Crippen molar-refractivity contribution in [2.45, 2.75) is 50.9 Å². The van der Waals surface area contributed by atoms with E-state index in [1.807, 2.05) is 18.3 Å². The molecule has 3 aliphatic rings. The smallest absolute Gasteiger partial charge is 0.161 e. The number of fused-ring (bicyclic) bond motifs is 1. The molecule has 0 atom stereocenters. The lowest BCUT2D eigenvalue weighted by Gasteiger charge is -2.44. The minimum atomic E-state index is -0.245. The summed E-state index contributed by atoms with van der Waals surface area (Å²) in [5.74, 6) is 0.159. The van der Waals surface area contributed by atoms with E-state index >= 15 is 0 Å². The number of Topliss-reactive ketones (excluding diaryl/α,β-unsaturated/α-hetero) is 2. The Morgan fingerprint density at radius 2 is 1.67 bits per heavy atom. The molecule has 0 fully saturated rings. The Kier molecular flexibility index (Phi) is 5.07. The highest BCUT2D eigenvalue weighted by Gasteiger charge is 2.43. The number of H-pyrrole nitrogens is 1. The highest BCUT2D eigenvalue weighted by Crippen LogP contribution is 2.50. The van der Waals surface area contributed by atoms with Gasteiger partial charge in [-0.3, -0.25) is 9.59 Å². The molecule has 0 saturated carbocycles. The van der Waals surface area contributed by atoms with E-state index in [0.29, 0.717) is 19.4 Å². The number of carbonyl (C=O) groups excluding carboxylic acids is 2. The number of ether oxygens (including phenoxy) is 1. The van der Waals surface area contributed by atoms with Crippen molar-refractivity contribution in [3.63, 3.8) is 0 Å². The van der Waals surface area contributed by atoms with Gasteiger partial charge in [0.15, 0.2) is 11.6 Å². The van der Waals surface area contributed by atoms with Gasteiger partial charge in [-0.25, -0.2) is 0 Å². The van der Waals surface area contributed by atoms with E-state index in [4.69, 9.17) is 4.74 Å². The third kappa shape index (κ3) is 3.03. The Labute approximate surface area is 176 Å². The van der Waals surface area contributed by atoms with Crippen molar-refractivity contribution in [2.24, 2.45) is 0 Å². The summed E-state index contributed by atoms with van der Waals surface area (Å²) in [6, 6.07) is 8.17. The second-order valence-corrected chi connectivity index (χ2v) is 8.49. The number of ketones is 2. The summed E-state index contributed by atoms with van der Waals surface area (Å²) >= 11 is 0. The van der Waals surface area contributed by atoms with Gasteiger partial charge < -0.3 is 14.6 Å². The van der Waals surface area contributed by atoms with Gasteiger partial charge in [-0.05, 0) is 43.7 Å². The SMILES string of the molecule is COCCCN1C2=C(C(=O)CCC2)C(c2c[nH]c3ccccc23)C2=C1CCCC2=O. The molecule has 0 bridgehead atoms. The van der Waals surface area contributed by atoms with Crippen LogP contribution >= 0.6 is 0 Å². The van der Waals surface area contributed by atoms with Crippen molar-refractivity contribution < 1.29 is 14.3 Å². The van der Waals surface area contributed by atoms with Crippen molar-refractivity contribution in [3.05, 3.63) is 58.6 Å². The zero-order chi connectivity index (χ0) is 20.7. The monoisotopic (exact) mass is 404 g/mol. The summed E-state index contributed by atoms with van der Waals surface area (Å²) in [6.45, 7) is 1.47. The predicted octanol–water partition coefficient (Wildman–Crippen LogP) is 4.62. The van der Waals surface area contributed by atoms with Gasteiger partial charge in [0.1, 0.15) is 0 Å². The van der Waals surface area contributed by atoms with Gasteiger partial charge in [0, 0.05) is 78.7 Å². The molecule has 0 radical (unpaired) electrons. The van der Waals surface area contributed by atoms with Crippen LogP contribution in [0.1, 0.15) is 56.4 Å². The molecule has 156 valence electrons. The first kappa shape index (κ1) is 19.3. The van der Waals surface area contributed by atoms with Crippen LogP contribution in [0.15, 0.2) is 53.0 Å². The van der Waals surface area contributed by atoms with E-state index in [1.54, 1.807) is 7.11 Å². The van der Waals surface area contributed by atoms with Crippen molar-refractivity contribution in [1.82, 2.24) is 9.88 Å². The van der Waals surface area contributed by atoms with E-state index in [-0.39, 0.29) is 17.5 Å². The lowest BCUT2D eigenvalue weighted by molar-refractivity contribution is -0.117. The molecule has 0 spiro atoms. The Morgan fingerprint density at radius 3 is 2.33 bits per heavy atom. The van der Waals surface area contributed by atoms with Crippen LogP contribution in [0.4, 0.5) is 0 Å². The van der Waals surface area contributed by atoms with Gasteiger partial charge in [0.2, 0.25) is 0 Å². The zero-order valence-corrected chi connectivity index (χ0v) is 17.5. The Balaban J connectivity index is 1.71. The van der Waals surface area contributed by atoms with Gasteiger partial charge in [-0.15, -0.1) is 0 Å². The minimum absolute atomic E-state index is 0.202. The quantitative estimate of drug-likeness (QED) is 0.739. The van der Waals surface area contributed by atoms with Crippen LogP contribution in [0.3, 0.4) is 0 Å². The number of nitrogens with one attached hydrogen (secondary N) is 1. The first-order valence-electron chi connectivity index (χ1n) is 11.1. The van der Waals surface area contributed by atoms with Crippen molar-refractivity contribution >= 4 is 22.5 Å². The highest BCUT2D eigenvalue weighted by atomic mass is 16.5. The number of nitrogens with zero attached hydrogens (tertiary/aromatic N) is 1. The molecule has 1 aromatic heterocycles. The molecule has 1 aromatic carbocycles. The fraction of sp³-hybridized carbons (Fsp3) is 0.440. The first-order valence-corrected chi connectivity index (χ1v) is 11.1. The molecule has 2 aliphatic carbocycles. The van der Waals surface area contributed by atoms with Gasteiger partial charge in [0.25, 0.3) is 0 Å². The van der Waals surface area contributed by atoms with Crippen LogP contribution in [-0.4, -0.2) is 41.7 Å². The van der Waals surface area contributed by atoms with Gasteiger partial charge >= 0.3 is 0 Å². The Bertz CT molecular complexity index is 1030. The Morgan fingerprint density at radius 1 is 1.00 bits per heavy atom. The second-order valence-electron chi connectivity index (χ2n) is 8.49. The normalized spacial score (nSPS) is 20.2. The van der Waals surface area contributed by atoms with E-state index in [9.17, 15) is 9.59 Å². The Hall–Kier alpha value is -2.66. The average Bonchev–Trinajstić information content (AvgIpc) is 3.18. The van der Waals surface area contributed by atoms with E-state index in [1.165, 1.54) is 0 Å². The van der Waals surface area contributed by atoms with Crippen molar-refractivity contribution in [3.8, 4) is 0 Å². The molecular formula is C25H28N2O3. The summed E-state index contributed by atoms with van der Waals surface area (Å²) in [5, 5.41) is 1.10. The molecular weight excluding hydrogens is 376 g/mol. The maximum atomic E-state index is 13.3. The van der Waals surface area contributed by atoms with Crippen LogP contribution in [0.2, 0.25) is 0 Å². The molecule has 0 saturated heterocycles. The van der Waals surface area contributed by atoms with Crippen LogP contribution in [0.5, 0.6) is 0 Å². The average molecular weight is 405 g/mol. The molecule has 5 rings (SSSR count). The van der Waals surface area contributed by atoms with Gasteiger partial charge in [-0.2, -0.15) is 0 Å². The number of rotatable bonds is 5. The maximum absolute atomic E-state index is 13.3. The number of carbonyl (C=O) groups is 2. The van der Waals surface area contributed by atoms with Crippen LogP contribution in [0, 0.1) is 0 Å². The number of benzene rings is 1. The molecule has 2 aromatic rings. The molecule has 0 unspecified atom stereocenters. The number of methoxy groups -OCH3 is 1. The lowest BCUT2D eigenvalue weighted by atomic mass is 9.71. The van der Waals surface area contributed by atoms with Crippen LogP contribution in [0.25, 0.3) is 10.9 Å². The summed E-state index contributed by atoms with van der Waals surface area (Å²) in [6.07, 6.45) is 7.60. The fourth-order valence-electron chi connectivity index (χ4n) is 5.50. The van der Waals surface area contributed by atoms with E-state index in [2.05, 4.69) is 22.0 Å². The van der Waals surface area contributed by atoms with Crippen LogP contribution < -0.4 is 0 Å². The van der Waals surface area contributed by atoms with Gasteiger partial charge in [-0.1, -0.05) is 18.2 Å². The number of allylic oxidation sites excluding steroid dienone is 4. The summed E-state index contributed by atoms with van der Waals surface area (Å²) in [5.41, 5.74) is 6.12. The van der Waals surface area contributed by atoms with Crippen molar-refractivity contribution in [2.75, 3.05) is 20.3 Å². The summed E-state index contributed by atoms with van der Waals surface area (Å²) in [7, 11) is 1.72. The fourth-order valence-corrected chi connectivity index (χ4v) is 5.50. The molecule has 30 heavy (non-hydrogen) atoms. The van der Waals surface area contributed by atoms with Crippen LogP contribution in [-0.2, 0) is 14.3 Å². The molecule has 5 nitrogen and oxygen atoms in total. The first-order chi connectivity index (χ1) is 14.7. The summed E-state index contributed by atoms with van der Waals surface area (Å²) < 4.78 is 5.28. The standard InChI is InChI=1S/C25H28N2O3/c1-30-14-6-13-27-19-9-4-11-21(28)24(19)23(25-20(27)10-5-12-22(25)29)17-15-26-18-8-3-2-7-16(17)18/h2-3,7-8,15,23,26H,4-6,9-14H2,1H3. The predicted molar refractivity (Wildman–Crippen MR) is 116 cm³/mol. The van der Waals surface area contributed by atoms with E-state index in [0.717, 1.165) is 77.7 Å². The second kappa shape index (κ2) is 7.88. The maximum Gasteiger partial charge on any atom is 0.161 e. The molecule has 5 heteroatoms. The summed E-state index contributed by atoms with van der Waals surface area (Å²) in [4.78, 5) is 32.2. The highest BCUT2D eigenvalue weighted by molar-refractivity contribution is 6.07. The van der Waals surface area contributed by atoms with Crippen molar-refractivity contribution in [1.29, 1.82) is 0 Å². The lowest BCUT2D eigenvalue weighted by Crippen LogP contribution is -2.39. The molecule has 2 heterocycles. The number of aromatic amines is 1. The molecule has 1 N–H and O–H groups in total. The minimum Gasteiger partial charge on any atom is -0.385 e. The molecule has 1 aliphatic heterocycles. The third-order valence-corrected chi connectivity index (χ3v) is 6.75. The van der Waals surface area contributed by atoms with E-state index < -0.39 is 0 Å².